The van der Waals surface area contributed by atoms with Gasteiger partial charge in [0.05, 0.1) is 0 Å². The number of pyridine rings is 1. The molecule has 1 heterocycles. The van der Waals surface area contributed by atoms with Gasteiger partial charge in [0.1, 0.15) is 5.82 Å². The van der Waals surface area contributed by atoms with Crippen LogP contribution in [0.1, 0.15) is 45.2 Å². The molecule has 3 nitrogen and oxygen atoms in total. The molecule has 0 fully saturated rings. The Hall–Kier alpha value is -1.09. The van der Waals surface area contributed by atoms with Gasteiger partial charge in [0, 0.05) is 25.3 Å². The minimum absolute atomic E-state index is 0.367. The number of aromatic nitrogens is 1. The molecule has 17 heavy (non-hydrogen) atoms. The van der Waals surface area contributed by atoms with E-state index >= 15 is 0 Å². The first-order valence-corrected chi connectivity index (χ1v) is 6.46. The third-order valence-electron chi connectivity index (χ3n) is 3.43. The van der Waals surface area contributed by atoms with E-state index in [2.05, 4.69) is 55.2 Å². The molecular formula is C14H25N3. The number of nitrogens with zero attached hydrogens (tertiary/aromatic N) is 2. The van der Waals surface area contributed by atoms with Gasteiger partial charge in [-0.1, -0.05) is 13.3 Å². The molecule has 0 spiro atoms. The average molecular weight is 235 g/mol. The van der Waals surface area contributed by atoms with Crippen molar-refractivity contribution in [2.45, 2.75) is 45.7 Å². The zero-order valence-corrected chi connectivity index (χ0v) is 11.7. The van der Waals surface area contributed by atoms with Crippen LogP contribution in [0.4, 0.5) is 5.82 Å². The second-order valence-corrected chi connectivity index (χ2v) is 4.71. The van der Waals surface area contributed by atoms with Crippen molar-refractivity contribution < 1.29 is 0 Å². The summed E-state index contributed by atoms with van der Waals surface area (Å²) in [7, 11) is 4.10. The van der Waals surface area contributed by atoms with Crippen LogP contribution in [0.15, 0.2) is 18.3 Å². The van der Waals surface area contributed by atoms with Gasteiger partial charge in [-0.15, -0.1) is 0 Å². The standard InChI is InChI=1S/C14H25N3/c1-6-7-11(2)17(5)14-10-13(8-9-16-14)12(3)15-4/h8-12,15H,6-7H2,1-5H3. The van der Waals surface area contributed by atoms with Gasteiger partial charge < -0.3 is 10.2 Å². The molecule has 0 radical (unpaired) electrons. The lowest BCUT2D eigenvalue weighted by molar-refractivity contribution is 0.608. The summed E-state index contributed by atoms with van der Waals surface area (Å²) in [6.07, 6.45) is 4.30. The van der Waals surface area contributed by atoms with Crippen LogP contribution in [0.2, 0.25) is 0 Å². The summed E-state index contributed by atoms with van der Waals surface area (Å²) in [6, 6.07) is 5.15. The lowest BCUT2D eigenvalue weighted by atomic mass is 10.1. The smallest absolute Gasteiger partial charge is 0.128 e. The second kappa shape index (κ2) is 6.60. The fourth-order valence-electron chi connectivity index (χ4n) is 1.90. The molecule has 0 aromatic carbocycles. The molecule has 1 aromatic rings. The summed E-state index contributed by atoms with van der Waals surface area (Å²) in [5.74, 6) is 1.06. The van der Waals surface area contributed by atoms with Crippen LogP contribution in [-0.4, -0.2) is 25.1 Å². The van der Waals surface area contributed by atoms with Crippen molar-refractivity contribution in [2.75, 3.05) is 19.0 Å². The third kappa shape index (κ3) is 3.70. The van der Waals surface area contributed by atoms with Crippen molar-refractivity contribution in [3.8, 4) is 0 Å². The molecule has 0 aliphatic carbocycles. The van der Waals surface area contributed by atoms with Crippen molar-refractivity contribution >= 4 is 5.82 Å². The molecule has 3 heteroatoms. The van der Waals surface area contributed by atoms with Crippen molar-refractivity contribution in [3.05, 3.63) is 23.9 Å². The highest BCUT2D eigenvalue weighted by molar-refractivity contribution is 5.41. The summed E-state index contributed by atoms with van der Waals surface area (Å²) >= 11 is 0. The summed E-state index contributed by atoms with van der Waals surface area (Å²) < 4.78 is 0. The van der Waals surface area contributed by atoms with E-state index in [1.54, 1.807) is 0 Å². The van der Waals surface area contributed by atoms with Crippen LogP contribution in [0.5, 0.6) is 0 Å². The molecular weight excluding hydrogens is 210 g/mol. The Bertz CT molecular complexity index is 338. The molecule has 1 rings (SSSR count). The van der Waals surface area contributed by atoms with Crippen molar-refractivity contribution in [2.24, 2.45) is 0 Å². The topological polar surface area (TPSA) is 28.2 Å². The second-order valence-electron chi connectivity index (χ2n) is 4.71. The van der Waals surface area contributed by atoms with Gasteiger partial charge in [0.25, 0.3) is 0 Å². The number of anilines is 1. The third-order valence-corrected chi connectivity index (χ3v) is 3.43. The van der Waals surface area contributed by atoms with E-state index in [9.17, 15) is 0 Å². The van der Waals surface area contributed by atoms with Gasteiger partial charge in [-0.25, -0.2) is 4.98 Å². The minimum Gasteiger partial charge on any atom is -0.357 e. The van der Waals surface area contributed by atoms with Crippen LogP contribution in [0.3, 0.4) is 0 Å². The minimum atomic E-state index is 0.367. The molecule has 96 valence electrons. The SMILES string of the molecule is CCCC(C)N(C)c1cc(C(C)NC)ccn1. The Morgan fingerprint density at radius 3 is 2.71 bits per heavy atom. The predicted molar refractivity (Wildman–Crippen MR) is 74.5 cm³/mol. The summed E-state index contributed by atoms with van der Waals surface area (Å²) in [6.45, 7) is 6.63. The van der Waals surface area contributed by atoms with Crippen LogP contribution in [0.25, 0.3) is 0 Å². The Balaban J connectivity index is 2.83. The average Bonchev–Trinajstić information content (AvgIpc) is 2.37. The van der Waals surface area contributed by atoms with Crippen LogP contribution < -0.4 is 10.2 Å². The van der Waals surface area contributed by atoms with Crippen molar-refractivity contribution in [1.29, 1.82) is 0 Å². The van der Waals surface area contributed by atoms with E-state index in [4.69, 9.17) is 0 Å². The normalized spacial score (nSPS) is 14.4. The Morgan fingerprint density at radius 2 is 2.12 bits per heavy atom. The van der Waals surface area contributed by atoms with Gasteiger partial charge in [0.15, 0.2) is 0 Å². The maximum atomic E-state index is 4.46. The van der Waals surface area contributed by atoms with E-state index < -0.39 is 0 Å². The fourth-order valence-corrected chi connectivity index (χ4v) is 1.90. The summed E-state index contributed by atoms with van der Waals surface area (Å²) in [4.78, 5) is 6.72. The number of nitrogens with one attached hydrogen (secondary N) is 1. The van der Waals surface area contributed by atoms with E-state index in [1.807, 2.05) is 13.2 Å². The summed E-state index contributed by atoms with van der Waals surface area (Å²) in [5.41, 5.74) is 1.29. The largest absolute Gasteiger partial charge is 0.357 e. The van der Waals surface area contributed by atoms with Crippen LogP contribution in [0, 0.1) is 0 Å². The molecule has 2 atom stereocenters. The Morgan fingerprint density at radius 1 is 1.41 bits per heavy atom. The van der Waals surface area contributed by atoms with E-state index in [-0.39, 0.29) is 0 Å². The molecule has 0 saturated carbocycles. The maximum Gasteiger partial charge on any atom is 0.128 e. The maximum absolute atomic E-state index is 4.46. The molecule has 0 bridgehead atoms. The van der Waals surface area contributed by atoms with Crippen LogP contribution >= 0.6 is 0 Å². The van der Waals surface area contributed by atoms with E-state index in [0.717, 1.165) is 5.82 Å². The lowest BCUT2D eigenvalue weighted by Crippen LogP contribution is -2.29. The van der Waals surface area contributed by atoms with Crippen molar-refractivity contribution in [1.82, 2.24) is 10.3 Å². The van der Waals surface area contributed by atoms with Gasteiger partial charge >= 0.3 is 0 Å². The highest BCUT2D eigenvalue weighted by Crippen LogP contribution is 2.19. The summed E-state index contributed by atoms with van der Waals surface area (Å²) in [5, 5.41) is 3.26. The van der Waals surface area contributed by atoms with E-state index in [0.29, 0.717) is 12.1 Å². The van der Waals surface area contributed by atoms with Crippen LogP contribution in [-0.2, 0) is 0 Å². The highest BCUT2D eigenvalue weighted by atomic mass is 15.2. The molecule has 1 aromatic heterocycles. The molecule has 0 aliphatic heterocycles. The Labute approximate surface area is 105 Å². The van der Waals surface area contributed by atoms with E-state index in [1.165, 1.54) is 18.4 Å². The molecule has 2 unspecified atom stereocenters. The highest BCUT2D eigenvalue weighted by Gasteiger charge is 2.11. The first-order chi connectivity index (χ1) is 8.10. The van der Waals surface area contributed by atoms with Gasteiger partial charge in [-0.3, -0.25) is 0 Å². The monoisotopic (exact) mass is 235 g/mol. The Kier molecular flexibility index (Phi) is 5.42. The molecule has 0 saturated heterocycles. The number of hydrogen-bond acceptors (Lipinski definition) is 3. The van der Waals surface area contributed by atoms with Gasteiger partial charge in [-0.05, 0) is 45.0 Å². The zero-order valence-electron chi connectivity index (χ0n) is 11.7. The molecule has 0 aliphatic rings. The first kappa shape index (κ1) is 14.0. The quantitative estimate of drug-likeness (QED) is 0.821. The van der Waals surface area contributed by atoms with Gasteiger partial charge in [0.2, 0.25) is 0 Å². The fraction of sp³-hybridized carbons (Fsp3) is 0.643. The molecule has 1 N–H and O–H groups in total. The lowest BCUT2D eigenvalue weighted by Gasteiger charge is -2.26. The zero-order chi connectivity index (χ0) is 12.8. The predicted octanol–water partition coefficient (Wildman–Crippen LogP) is 2.99. The van der Waals surface area contributed by atoms with Crippen molar-refractivity contribution in [3.63, 3.8) is 0 Å². The number of rotatable bonds is 6. The van der Waals surface area contributed by atoms with Gasteiger partial charge in [-0.2, -0.15) is 0 Å². The number of hydrogen-bond donors (Lipinski definition) is 1. The molecule has 0 amide bonds. The first-order valence-electron chi connectivity index (χ1n) is 6.46.